The van der Waals surface area contributed by atoms with Crippen molar-refractivity contribution in [2.45, 2.75) is 0 Å². The van der Waals surface area contributed by atoms with Crippen molar-refractivity contribution in [2.24, 2.45) is 5.10 Å². The average molecular weight is 365 g/mol. The molecule has 0 spiro atoms. The van der Waals surface area contributed by atoms with E-state index in [0.29, 0.717) is 11.4 Å². The summed E-state index contributed by atoms with van der Waals surface area (Å²) in [6, 6.07) is 20.9. The van der Waals surface area contributed by atoms with E-state index in [-0.39, 0.29) is 16.8 Å². The van der Waals surface area contributed by atoms with Gasteiger partial charge in [0.05, 0.1) is 22.5 Å². The molecule has 1 heterocycles. The minimum atomic E-state index is -0.441. The lowest BCUT2D eigenvalue weighted by Gasteiger charge is -2.14. The zero-order valence-corrected chi connectivity index (χ0v) is 14.4. The molecule has 0 saturated carbocycles. The molecular formula is C21H11N5O2. The lowest BCUT2D eigenvalue weighted by atomic mass is 10.1. The van der Waals surface area contributed by atoms with E-state index in [9.17, 15) is 9.59 Å². The van der Waals surface area contributed by atoms with E-state index in [2.05, 4.69) is 10.5 Å². The van der Waals surface area contributed by atoms with Crippen LogP contribution >= 0.6 is 0 Å². The summed E-state index contributed by atoms with van der Waals surface area (Å²) in [5, 5.41) is 23.0. The highest BCUT2D eigenvalue weighted by Gasteiger charge is 2.36. The summed E-state index contributed by atoms with van der Waals surface area (Å²) < 4.78 is 0. The van der Waals surface area contributed by atoms with Gasteiger partial charge in [-0.3, -0.25) is 15.0 Å². The quantitative estimate of drug-likeness (QED) is 0.434. The predicted molar refractivity (Wildman–Crippen MR) is 104 cm³/mol. The van der Waals surface area contributed by atoms with Crippen LogP contribution in [0, 0.1) is 22.7 Å². The first kappa shape index (κ1) is 17.0. The number of benzene rings is 3. The Bertz CT molecular complexity index is 1250. The molecule has 0 radical (unpaired) electrons. The lowest BCUT2D eigenvalue weighted by molar-refractivity contribution is 0.0926. The molecular weight excluding hydrogens is 354 g/mol. The summed E-state index contributed by atoms with van der Waals surface area (Å²) in [5.74, 6) is -0.844. The largest absolute Gasteiger partial charge is 0.276 e. The van der Waals surface area contributed by atoms with Gasteiger partial charge in [-0.1, -0.05) is 30.3 Å². The molecule has 0 fully saturated rings. The van der Waals surface area contributed by atoms with Gasteiger partial charge in [0.2, 0.25) is 5.71 Å². The van der Waals surface area contributed by atoms with Crippen LogP contribution < -0.4 is 10.3 Å². The van der Waals surface area contributed by atoms with Crippen LogP contribution in [0.15, 0.2) is 65.8 Å². The highest BCUT2D eigenvalue weighted by atomic mass is 16.2. The number of carbonyl (C=O) groups is 2. The number of hydrazone groups is 1. The molecule has 0 aliphatic carbocycles. The molecule has 3 aromatic rings. The van der Waals surface area contributed by atoms with Crippen molar-refractivity contribution in [3.8, 4) is 12.1 Å². The first-order valence-electron chi connectivity index (χ1n) is 8.28. The molecule has 1 aliphatic rings. The molecule has 28 heavy (non-hydrogen) atoms. The molecule has 0 saturated heterocycles. The number of carbonyl (C=O) groups excluding carboxylic acids is 2. The van der Waals surface area contributed by atoms with E-state index in [1.165, 1.54) is 12.1 Å². The van der Waals surface area contributed by atoms with E-state index in [1.54, 1.807) is 30.3 Å². The third-order valence-electron chi connectivity index (χ3n) is 4.39. The summed E-state index contributed by atoms with van der Waals surface area (Å²) in [7, 11) is 0. The number of fused-ring (bicyclic) bond motifs is 2. The molecule has 7 nitrogen and oxygen atoms in total. The SMILES string of the molecule is N#CC(C#N)=NNc1ccc2c(c1)C(=O)N(c1ccc3ccccc3c1)C2=O. The third-order valence-corrected chi connectivity index (χ3v) is 4.39. The molecule has 0 unspecified atom stereocenters. The zero-order chi connectivity index (χ0) is 19.7. The fourth-order valence-electron chi connectivity index (χ4n) is 3.06. The Balaban J connectivity index is 1.69. The number of imide groups is 1. The maximum atomic E-state index is 12.9. The molecule has 4 rings (SSSR count). The summed E-state index contributed by atoms with van der Waals surface area (Å²) in [6.45, 7) is 0. The number of nitriles is 2. The van der Waals surface area contributed by atoms with Crippen LogP contribution in [0.25, 0.3) is 10.8 Å². The van der Waals surface area contributed by atoms with Gasteiger partial charge in [0, 0.05) is 0 Å². The van der Waals surface area contributed by atoms with Crippen molar-refractivity contribution in [2.75, 3.05) is 10.3 Å². The molecule has 0 atom stereocenters. The minimum Gasteiger partial charge on any atom is -0.276 e. The van der Waals surface area contributed by atoms with E-state index in [0.717, 1.165) is 15.7 Å². The van der Waals surface area contributed by atoms with Gasteiger partial charge in [-0.25, -0.2) is 4.90 Å². The summed E-state index contributed by atoms with van der Waals surface area (Å²) in [4.78, 5) is 26.8. The number of nitrogens with zero attached hydrogens (tertiary/aromatic N) is 4. The van der Waals surface area contributed by atoms with Gasteiger partial charge in [0.1, 0.15) is 12.1 Å². The number of hydrogen-bond acceptors (Lipinski definition) is 6. The van der Waals surface area contributed by atoms with Crippen molar-refractivity contribution in [1.82, 2.24) is 0 Å². The van der Waals surface area contributed by atoms with Crippen LogP contribution in [-0.4, -0.2) is 17.5 Å². The number of rotatable bonds is 3. The second kappa shape index (κ2) is 6.67. The molecule has 1 N–H and O–H groups in total. The first-order chi connectivity index (χ1) is 13.6. The van der Waals surface area contributed by atoms with Crippen molar-refractivity contribution < 1.29 is 9.59 Å². The van der Waals surface area contributed by atoms with Gasteiger partial charge < -0.3 is 0 Å². The Morgan fingerprint density at radius 1 is 0.857 bits per heavy atom. The van der Waals surface area contributed by atoms with E-state index in [1.807, 2.05) is 30.3 Å². The lowest BCUT2D eigenvalue weighted by Crippen LogP contribution is -2.29. The van der Waals surface area contributed by atoms with E-state index >= 15 is 0 Å². The topological polar surface area (TPSA) is 109 Å². The molecule has 3 aromatic carbocycles. The zero-order valence-electron chi connectivity index (χ0n) is 14.4. The maximum absolute atomic E-state index is 12.9. The van der Waals surface area contributed by atoms with Crippen LogP contribution in [-0.2, 0) is 0 Å². The summed E-state index contributed by atoms with van der Waals surface area (Å²) in [5.41, 5.74) is 3.61. The Morgan fingerprint density at radius 2 is 1.57 bits per heavy atom. The second-order valence-electron chi connectivity index (χ2n) is 6.03. The number of amides is 2. The molecule has 1 aliphatic heterocycles. The van der Waals surface area contributed by atoms with Gasteiger partial charge in [-0.05, 0) is 41.1 Å². The Kier molecular flexibility index (Phi) is 4.04. The van der Waals surface area contributed by atoms with E-state index in [4.69, 9.17) is 10.5 Å². The number of anilines is 2. The van der Waals surface area contributed by atoms with Crippen molar-refractivity contribution in [3.05, 3.63) is 71.8 Å². The fraction of sp³-hybridized carbons (Fsp3) is 0. The van der Waals surface area contributed by atoms with Gasteiger partial charge in [0.15, 0.2) is 0 Å². The monoisotopic (exact) mass is 365 g/mol. The van der Waals surface area contributed by atoms with Crippen molar-refractivity contribution in [3.63, 3.8) is 0 Å². The van der Waals surface area contributed by atoms with Crippen LogP contribution in [0.4, 0.5) is 11.4 Å². The molecule has 0 bridgehead atoms. The van der Waals surface area contributed by atoms with Gasteiger partial charge >= 0.3 is 0 Å². The predicted octanol–water partition coefficient (Wildman–Crippen LogP) is 3.46. The minimum absolute atomic E-state index is 0.230. The Hall–Kier alpha value is -4.49. The highest BCUT2D eigenvalue weighted by molar-refractivity contribution is 6.34. The van der Waals surface area contributed by atoms with Gasteiger partial charge in [-0.15, -0.1) is 0 Å². The molecule has 7 heteroatoms. The molecule has 0 aromatic heterocycles. The Morgan fingerprint density at radius 3 is 2.32 bits per heavy atom. The third kappa shape index (κ3) is 2.74. The Labute approximate surface area is 159 Å². The van der Waals surface area contributed by atoms with Crippen LogP contribution in [0.3, 0.4) is 0 Å². The molecule has 2 amide bonds. The van der Waals surface area contributed by atoms with Crippen LogP contribution in [0.1, 0.15) is 20.7 Å². The second-order valence-corrected chi connectivity index (χ2v) is 6.03. The highest BCUT2D eigenvalue weighted by Crippen LogP contribution is 2.31. The smallest absolute Gasteiger partial charge is 0.266 e. The summed E-state index contributed by atoms with van der Waals surface area (Å²) in [6.07, 6.45) is 0. The first-order valence-corrected chi connectivity index (χ1v) is 8.28. The number of nitrogens with one attached hydrogen (secondary N) is 1. The van der Waals surface area contributed by atoms with Crippen LogP contribution in [0.2, 0.25) is 0 Å². The fourth-order valence-corrected chi connectivity index (χ4v) is 3.06. The molecule has 132 valence electrons. The normalized spacial score (nSPS) is 12.3. The van der Waals surface area contributed by atoms with E-state index < -0.39 is 11.8 Å². The van der Waals surface area contributed by atoms with Crippen molar-refractivity contribution >= 4 is 39.7 Å². The van der Waals surface area contributed by atoms with Gasteiger partial charge in [0.25, 0.3) is 11.8 Å². The van der Waals surface area contributed by atoms with Gasteiger partial charge in [-0.2, -0.15) is 15.6 Å². The maximum Gasteiger partial charge on any atom is 0.266 e. The van der Waals surface area contributed by atoms with Crippen LogP contribution in [0.5, 0.6) is 0 Å². The summed E-state index contributed by atoms with van der Waals surface area (Å²) >= 11 is 0. The number of hydrogen-bond donors (Lipinski definition) is 1. The van der Waals surface area contributed by atoms with Crippen molar-refractivity contribution in [1.29, 1.82) is 10.5 Å². The standard InChI is InChI=1S/C21H11N5O2/c22-11-16(12-23)25-24-15-6-8-18-19(10-15)21(28)26(20(18)27)17-7-5-13-3-1-2-4-14(13)9-17/h1-10,24H. The average Bonchev–Trinajstić information content (AvgIpc) is 2.98.